The Bertz CT molecular complexity index is 839. The number of anilines is 1. The van der Waals surface area contributed by atoms with Gasteiger partial charge in [-0.2, -0.15) is 18.2 Å². The van der Waals surface area contributed by atoms with E-state index in [2.05, 4.69) is 10.1 Å². The third-order valence-electron chi connectivity index (χ3n) is 5.46. The molecule has 1 aliphatic carbocycles. The second-order valence-electron chi connectivity index (χ2n) is 7.43. The maximum absolute atomic E-state index is 13.0. The van der Waals surface area contributed by atoms with Gasteiger partial charge in [-0.15, -0.1) is 5.10 Å². The average Bonchev–Trinajstić information content (AvgIpc) is 3.20. The van der Waals surface area contributed by atoms with Crippen molar-refractivity contribution in [2.24, 2.45) is 18.9 Å². The van der Waals surface area contributed by atoms with Crippen molar-refractivity contribution < 1.29 is 27.4 Å². The summed E-state index contributed by atoms with van der Waals surface area (Å²) < 4.78 is 58.6. The average molecular weight is 400 g/mol. The zero-order chi connectivity index (χ0) is 20.1. The summed E-state index contributed by atoms with van der Waals surface area (Å²) >= 11 is 0. The van der Waals surface area contributed by atoms with Crippen LogP contribution in [0.25, 0.3) is 0 Å². The van der Waals surface area contributed by atoms with Crippen LogP contribution in [0.3, 0.4) is 0 Å². The molecule has 0 radical (unpaired) electrons. The second-order valence-corrected chi connectivity index (χ2v) is 7.43. The van der Waals surface area contributed by atoms with E-state index in [0.717, 1.165) is 4.68 Å². The van der Waals surface area contributed by atoms with Gasteiger partial charge in [-0.05, 0) is 48.9 Å². The monoisotopic (exact) mass is 400 g/mol. The van der Waals surface area contributed by atoms with E-state index in [0.29, 0.717) is 31.7 Å². The highest BCUT2D eigenvalue weighted by Gasteiger charge is 2.44. The SMILES string of the molecule is Cn1nc(C(F)(F)F)nc1N1C[C@H]2C[C@@H](Oc3ccc(F)cc3)[C@H](O)C[C@H]2C1. The number of fused-ring (bicyclic) bond motifs is 1. The van der Waals surface area contributed by atoms with Gasteiger partial charge in [0.2, 0.25) is 5.95 Å². The van der Waals surface area contributed by atoms with E-state index >= 15 is 0 Å². The number of aromatic nitrogens is 3. The summed E-state index contributed by atoms with van der Waals surface area (Å²) in [5.41, 5.74) is 0. The molecule has 2 aliphatic rings. The quantitative estimate of drug-likeness (QED) is 0.803. The highest BCUT2D eigenvalue weighted by molar-refractivity contribution is 5.34. The largest absolute Gasteiger partial charge is 0.488 e. The highest BCUT2D eigenvalue weighted by Crippen LogP contribution is 2.39. The van der Waals surface area contributed by atoms with Crippen LogP contribution >= 0.6 is 0 Å². The number of rotatable bonds is 3. The van der Waals surface area contributed by atoms with Crippen LogP contribution in [0.4, 0.5) is 23.5 Å². The van der Waals surface area contributed by atoms with E-state index < -0.39 is 24.2 Å². The van der Waals surface area contributed by atoms with Crippen LogP contribution in [0, 0.1) is 17.7 Å². The first-order chi connectivity index (χ1) is 13.2. The topological polar surface area (TPSA) is 63.4 Å². The van der Waals surface area contributed by atoms with Gasteiger partial charge < -0.3 is 14.7 Å². The van der Waals surface area contributed by atoms with Crippen molar-refractivity contribution in [2.45, 2.75) is 31.2 Å². The first kappa shape index (κ1) is 19.0. The fraction of sp³-hybridized carbons (Fsp3) is 0.556. The minimum atomic E-state index is -4.59. The summed E-state index contributed by atoms with van der Waals surface area (Å²) in [7, 11) is 1.44. The van der Waals surface area contributed by atoms with Gasteiger partial charge in [0.05, 0.1) is 6.10 Å². The number of aryl methyl sites for hydroxylation is 1. The maximum Gasteiger partial charge on any atom is 0.453 e. The summed E-state index contributed by atoms with van der Waals surface area (Å²) in [5.74, 6) is -0.592. The number of nitrogens with zero attached hydrogens (tertiary/aromatic N) is 4. The Balaban J connectivity index is 1.45. The molecule has 1 N–H and O–H groups in total. The van der Waals surface area contributed by atoms with E-state index in [1.165, 1.54) is 31.3 Å². The molecule has 0 spiro atoms. The molecule has 1 saturated carbocycles. The van der Waals surface area contributed by atoms with Gasteiger partial charge in [0.15, 0.2) is 0 Å². The molecule has 2 aromatic rings. The van der Waals surface area contributed by atoms with Crippen molar-refractivity contribution >= 4 is 5.95 Å². The molecule has 1 aromatic carbocycles. The summed E-state index contributed by atoms with van der Waals surface area (Å²) in [6, 6.07) is 5.59. The summed E-state index contributed by atoms with van der Waals surface area (Å²) in [5, 5.41) is 13.9. The van der Waals surface area contributed by atoms with Crippen molar-refractivity contribution in [3.8, 4) is 5.75 Å². The summed E-state index contributed by atoms with van der Waals surface area (Å²) in [6.45, 7) is 1.03. The Morgan fingerprint density at radius 3 is 2.36 bits per heavy atom. The van der Waals surface area contributed by atoms with Crippen molar-refractivity contribution in [3.63, 3.8) is 0 Å². The molecular weight excluding hydrogens is 380 g/mol. The normalized spacial score (nSPS) is 27.7. The molecular formula is C18H20F4N4O2. The van der Waals surface area contributed by atoms with Crippen LogP contribution in [0.2, 0.25) is 0 Å². The van der Waals surface area contributed by atoms with Crippen LogP contribution in [0.5, 0.6) is 5.75 Å². The van der Waals surface area contributed by atoms with Crippen LogP contribution in [0.15, 0.2) is 24.3 Å². The van der Waals surface area contributed by atoms with Crippen LogP contribution < -0.4 is 9.64 Å². The lowest BCUT2D eigenvalue weighted by Crippen LogP contribution is -2.42. The number of benzene rings is 1. The predicted molar refractivity (Wildman–Crippen MR) is 91.3 cm³/mol. The fourth-order valence-electron chi connectivity index (χ4n) is 4.14. The van der Waals surface area contributed by atoms with E-state index in [4.69, 9.17) is 4.74 Å². The van der Waals surface area contributed by atoms with E-state index in [9.17, 15) is 22.7 Å². The van der Waals surface area contributed by atoms with E-state index in [1.54, 1.807) is 4.90 Å². The molecule has 2 heterocycles. The Morgan fingerprint density at radius 2 is 1.75 bits per heavy atom. The molecule has 6 nitrogen and oxygen atoms in total. The molecule has 0 unspecified atom stereocenters. The Hall–Kier alpha value is -2.36. The molecule has 1 aliphatic heterocycles. The molecule has 152 valence electrons. The van der Waals surface area contributed by atoms with Gasteiger partial charge in [0.25, 0.3) is 5.82 Å². The molecule has 4 atom stereocenters. The number of hydrogen-bond donors (Lipinski definition) is 1. The lowest BCUT2D eigenvalue weighted by atomic mass is 9.78. The van der Waals surface area contributed by atoms with Crippen LogP contribution in [0.1, 0.15) is 18.7 Å². The molecule has 0 amide bonds. The highest BCUT2D eigenvalue weighted by atomic mass is 19.4. The number of hydrogen-bond acceptors (Lipinski definition) is 5. The molecule has 0 bridgehead atoms. The Morgan fingerprint density at radius 1 is 1.11 bits per heavy atom. The van der Waals surface area contributed by atoms with Crippen molar-refractivity contribution in [1.29, 1.82) is 0 Å². The van der Waals surface area contributed by atoms with Crippen molar-refractivity contribution in [2.75, 3.05) is 18.0 Å². The molecule has 4 rings (SSSR count). The number of ether oxygens (including phenoxy) is 1. The van der Waals surface area contributed by atoms with Crippen LogP contribution in [-0.2, 0) is 13.2 Å². The zero-order valence-electron chi connectivity index (χ0n) is 15.1. The standard InChI is InChI=1S/C18H20F4N4O2/c1-25-17(23-16(24-25)18(20,21)22)26-8-10-6-14(27)15(7-11(10)9-26)28-13-4-2-12(19)3-5-13/h2-5,10-11,14-15,27H,6-9H2,1H3/t10-,11+,14+,15+/m0/s1. The smallest absolute Gasteiger partial charge is 0.453 e. The van der Waals surface area contributed by atoms with E-state index in [-0.39, 0.29) is 23.6 Å². The number of aliphatic hydroxyl groups is 1. The minimum Gasteiger partial charge on any atom is -0.488 e. The number of alkyl halides is 3. The van der Waals surface area contributed by atoms with Gasteiger partial charge in [0, 0.05) is 20.1 Å². The minimum absolute atomic E-state index is 0.133. The summed E-state index contributed by atoms with van der Waals surface area (Å²) in [4.78, 5) is 5.44. The number of aliphatic hydroxyl groups excluding tert-OH is 1. The van der Waals surface area contributed by atoms with Crippen molar-refractivity contribution in [1.82, 2.24) is 14.8 Å². The van der Waals surface area contributed by atoms with E-state index in [1.807, 2.05) is 0 Å². The van der Waals surface area contributed by atoms with Gasteiger partial charge in [0.1, 0.15) is 17.7 Å². The van der Waals surface area contributed by atoms with Gasteiger partial charge >= 0.3 is 6.18 Å². The lowest BCUT2D eigenvalue weighted by molar-refractivity contribution is -0.144. The number of halogens is 4. The fourth-order valence-corrected chi connectivity index (χ4v) is 4.14. The van der Waals surface area contributed by atoms with Gasteiger partial charge in [-0.3, -0.25) is 0 Å². The molecule has 2 fully saturated rings. The Labute approximate surface area is 158 Å². The molecule has 1 aromatic heterocycles. The molecule has 1 saturated heterocycles. The predicted octanol–water partition coefficient (Wildman–Crippen LogP) is 2.63. The third kappa shape index (κ3) is 3.65. The van der Waals surface area contributed by atoms with Gasteiger partial charge in [-0.25, -0.2) is 9.07 Å². The second kappa shape index (κ2) is 6.91. The summed E-state index contributed by atoms with van der Waals surface area (Å²) in [6.07, 6.45) is -4.69. The lowest BCUT2D eigenvalue weighted by Gasteiger charge is -2.35. The van der Waals surface area contributed by atoms with Crippen LogP contribution in [-0.4, -0.2) is 45.2 Å². The first-order valence-corrected chi connectivity index (χ1v) is 9.04. The van der Waals surface area contributed by atoms with Gasteiger partial charge in [-0.1, -0.05) is 0 Å². The molecule has 10 heteroatoms. The first-order valence-electron chi connectivity index (χ1n) is 9.04. The zero-order valence-corrected chi connectivity index (χ0v) is 15.1. The molecule has 28 heavy (non-hydrogen) atoms. The Kier molecular flexibility index (Phi) is 4.68. The third-order valence-corrected chi connectivity index (χ3v) is 5.46. The maximum atomic E-state index is 13.0. The van der Waals surface area contributed by atoms with Crippen molar-refractivity contribution in [3.05, 3.63) is 35.9 Å².